The van der Waals surface area contributed by atoms with Crippen molar-refractivity contribution >= 4 is 23.6 Å². The Bertz CT molecular complexity index is 1220. The number of halogens is 1. The minimum Gasteiger partial charge on any atom is -0.493 e. The molecule has 2 heterocycles. The topological polar surface area (TPSA) is 73.9 Å². The van der Waals surface area contributed by atoms with Crippen molar-refractivity contribution in [1.82, 2.24) is 5.32 Å². The standard InChI is InChI=1S/C33H44FNO5S.2CH4.H2/c1-32(2,3)26-17-25-23(15-21-7-9-24(10-8-21)39-19-22-11-13-38-14-12-22)16-29(36)28(20-41-30(25)18-27(26)34)35-31(37)40-33(4,5)6;;;/h7-10,17-18,22-23,28H,11-16,19-20H2,1-6H3,(H,35,37);2*1H4;1H/t23?,28-;;;/m0.../s1. The van der Waals surface area contributed by atoms with Crippen LogP contribution >= 0.6 is 11.8 Å². The lowest BCUT2D eigenvalue weighted by molar-refractivity contribution is -0.121. The second-order valence-electron chi connectivity index (χ2n) is 13.2. The SMILES string of the molecule is C.C.CC(C)(C)OC(=O)N[C@H]1CSc2cc(F)c(C(C)(C)C)cc2C(Cc2ccc(OCC3CCOCC3)cc2)CC1=O.[HH]. The van der Waals surface area contributed by atoms with E-state index >= 15 is 4.39 Å². The van der Waals surface area contributed by atoms with Crippen LogP contribution in [0.5, 0.6) is 5.75 Å². The molecule has 0 aliphatic carbocycles. The predicted octanol–water partition coefficient (Wildman–Crippen LogP) is 8.73. The zero-order valence-corrected chi connectivity index (χ0v) is 26.0. The van der Waals surface area contributed by atoms with Crippen LogP contribution in [0.4, 0.5) is 9.18 Å². The van der Waals surface area contributed by atoms with E-state index in [1.165, 1.54) is 11.8 Å². The van der Waals surface area contributed by atoms with Crippen LogP contribution < -0.4 is 10.1 Å². The molecule has 1 fully saturated rings. The number of hydrogen-bond donors (Lipinski definition) is 1. The number of rotatable bonds is 6. The van der Waals surface area contributed by atoms with Crippen LogP contribution in [0.15, 0.2) is 41.3 Å². The lowest BCUT2D eigenvalue weighted by atomic mass is 9.81. The first-order chi connectivity index (χ1) is 19.3. The number of hydrogen-bond acceptors (Lipinski definition) is 6. The number of amides is 1. The summed E-state index contributed by atoms with van der Waals surface area (Å²) in [5.74, 6) is 1.16. The zero-order chi connectivity index (χ0) is 29.8. The minimum absolute atomic E-state index is 0. The summed E-state index contributed by atoms with van der Waals surface area (Å²) in [6, 6.07) is 10.9. The molecule has 2 aliphatic rings. The van der Waals surface area contributed by atoms with Gasteiger partial charge in [-0.05, 0) is 92.2 Å². The lowest BCUT2D eigenvalue weighted by Gasteiger charge is -2.30. The second-order valence-corrected chi connectivity index (χ2v) is 14.3. The van der Waals surface area contributed by atoms with Crippen LogP contribution in [0.1, 0.15) is 99.7 Å². The van der Waals surface area contributed by atoms with E-state index in [0.29, 0.717) is 30.3 Å². The molecule has 2 aromatic rings. The first-order valence-corrected chi connectivity index (χ1v) is 15.6. The van der Waals surface area contributed by atoms with Gasteiger partial charge in [0.2, 0.25) is 0 Å². The van der Waals surface area contributed by atoms with Gasteiger partial charge in [0.1, 0.15) is 23.2 Å². The number of ether oxygens (including phenoxy) is 3. The molecule has 1 saturated heterocycles. The van der Waals surface area contributed by atoms with Gasteiger partial charge in [0, 0.05) is 31.7 Å². The van der Waals surface area contributed by atoms with Crippen molar-refractivity contribution in [2.24, 2.45) is 5.92 Å². The van der Waals surface area contributed by atoms with E-state index in [0.717, 1.165) is 47.8 Å². The average molecular weight is 620 g/mol. The van der Waals surface area contributed by atoms with Crippen LogP contribution in [0.2, 0.25) is 0 Å². The molecule has 0 radical (unpaired) electrons. The Hall–Kier alpha value is -2.58. The quantitative estimate of drug-likeness (QED) is 0.349. The molecule has 1 amide bonds. The molecule has 2 aliphatic heterocycles. The van der Waals surface area contributed by atoms with E-state index in [4.69, 9.17) is 14.2 Å². The van der Waals surface area contributed by atoms with Crippen molar-refractivity contribution in [3.05, 3.63) is 58.9 Å². The highest BCUT2D eigenvalue weighted by Gasteiger charge is 2.32. The van der Waals surface area contributed by atoms with Gasteiger partial charge in [-0.2, -0.15) is 0 Å². The third kappa shape index (κ3) is 10.5. The predicted molar refractivity (Wildman–Crippen MR) is 176 cm³/mol. The van der Waals surface area contributed by atoms with Crippen LogP contribution in [0.3, 0.4) is 0 Å². The fourth-order valence-electron chi connectivity index (χ4n) is 5.24. The molecule has 0 aromatic heterocycles. The van der Waals surface area contributed by atoms with Crippen molar-refractivity contribution in [2.75, 3.05) is 25.6 Å². The second kappa shape index (κ2) is 15.4. The molecular formula is C35H54FNO5S. The zero-order valence-electron chi connectivity index (χ0n) is 25.2. The normalized spacial score (nSPS) is 19.6. The summed E-state index contributed by atoms with van der Waals surface area (Å²) < 4.78 is 32.2. The number of alkyl carbamates (subject to hydrolysis) is 1. The summed E-state index contributed by atoms with van der Waals surface area (Å²) in [5.41, 5.74) is 1.62. The Morgan fingerprint density at radius 1 is 1.07 bits per heavy atom. The maximum Gasteiger partial charge on any atom is 0.408 e. The van der Waals surface area contributed by atoms with Crippen LogP contribution in [0, 0.1) is 11.7 Å². The maximum absolute atomic E-state index is 15.3. The number of nitrogens with one attached hydrogen (secondary N) is 1. The molecule has 2 atom stereocenters. The van der Waals surface area contributed by atoms with Gasteiger partial charge in [-0.15, -0.1) is 11.8 Å². The van der Waals surface area contributed by atoms with Crippen molar-refractivity contribution in [2.45, 2.75) is 110 Å². The third-order valence-corrected chi connectivity index (χ3v) is 8.68. The van der Waals surface area contributed by atoms with Gasteiger partial charge in [-0.25, -0.2) is 9.18 Å². The van der Waals surface area contributed by atoms with Gasteiger partial charge in [0.05, 0.1) is 6.61 Å². The molecule has 0 saturated carbocycles. The van der Waals surface area contributed by atoms with Crippen LogP contribution in [-0.2, 0) is 26.1 Å². The Morgan fingerprint density at radius 3 is 2.33 bits per heavy atom. The van der Waals surface area contributed by atoms with E-state index in [9.17, 15) is 9.59 Å². The summed E-state index contributed by atoms with van der Waals surface area (Å²) in [4.78, 5) is 26.8. The fraction of sp³-hybridized carbons (Fsp3) is 0.600. The van der Waals surface area contributed by atoms with Crippen molar-refractivity contribution in [3.8, 4) is 5.75 Å². The molecular weight excluding hydrogens is 565 g/mol. The number of carbonyl (C=O) groups excluding carboxylic acids is 2. The van der Waals surface area contributed by atoms with Gasteiger partial charge < -0.3 is 19.5 Å². The largest absolute Gasteiger partial charge is 0.493 e. The lowest BCUT2D eigenvalue weighted by Crippen LogP contribution is -2.45. The molecule has 1 N–H and O–H groups in total. The molecule has 242 valence electrons. The summed E-state index contributed by atoms with van der Waals surface area (Å²) in [7, 11) is 0. The van der Waals surface area contributed by atoms with Gasteiger partial charge in [0.15, 0.2) is 5.78 Å². The minimum atomic E-state index is -0.725. The van der Waals surface area contributed by atoms with E-state index in [1.54, 1.807) is 26.8 Å². The highest BCUT2D eigenvalue weighted by Crippen LogP contribution is 2.40. The molecule has 4 rings (SSSR count). The number of Topliss-reactive ketones (excluding diaryl/α,β-unsaturated/α-hetero) is 1. The van der Waals surface area contributed by atoms with Crippen molar-refractivity contribution in [1.29, 1.82) is 0 Å². The maximum atomic E-state index is 15.3. The molecule has 6 nitrogen and oxygen atoms in total. The summed E-state index contributed by atoms with van der Waals surface area (Å²) in [6.07, 6.45) is 2.25. The Kier molecular flexibility index (Phi) is 13.1. The Labute approximate surface area is 264 Å². The fourth-order valence-corrected chi connectivity index (χ4v) is 6.43. The Morgan fingerprint density at radius 2 is 1.72 bits per heavy atom. The van der Waals surface area contributed by atoms with E-state index in [2.05, 4.69) is 5.32 Å². The smallest absolute Gasteiger partial charge is 0.408 e. The van der Waals surface area contributed by atoms with E-state index in [1.807, 2.05) is 51.1 Å². The van der Waals surface area contributed by atoms with E-state index in [-0.39, 0.29) is 45.6 Å². The first-order valence-electron chi connectivity index (χ1n) is 14.6. The summed E-state index contributed by atoms with van der Waals surface area (Å²) in [5, 5.41) is 2.76. The van der Waals surface area contributed by atoms with Gasteiger partial charge >= 0.3 is 6.09 Å². The van der Waals surface area contributed by atoms with Gasteiger partial charge in [0.25, 0.3) is 0 Å². The van der Waals surface area contributed by atoms with E-state index < -0.39 is 17.7 Å². The molecule has 2 aromatic carbocycles. The average Bonchev–Trinajstić information content (AvgIpc) is 2.88. The number of ketones is 1. The highest BCUT2D eigenvalue weighted by atomic mass is 32.2. The molecule has 0 spiro atoms. The first kappa shape index (κ1) is 36.6. The van der Waals surface area contributed by atoms with Gasteiger partial charge in [-0.1, -0.05) is 53.8 Å². The summed E-state index contributed by atoms with van der Waals surface area (Å²) in [6.45, 7) is 13.6. The number of thioether (sulfide) groups is 1. The number of benzene rings is 2. The molecule has 0 bridgehead atoms. The molecule has 8 heteroatoms. The monoisotopic (exact) mass is 619 g/mol. The van der Waals surface area contributed by atoms with Crippen molar-refractivity contribution < 1.29 is 29.6 Å². The number of carbonyl (C=O) groups is 2. The van der Waals surface area contributed by atoms with Crippen LogP contribution in [0.25, 0.3) is 0 Å². The third-order valence-electron chi connectivity index (χ3n) is 7.51. The summed E-state index contributed by atoms with van der Waals surface area (Å²) >= 11 is 1.41. The van der Waals surface area contributed by atoms with Crippen LogP contribution in [-0.4, -0.2) is 49.1 Å². The van der Waals surface area contributed by atoms with Crippen molar-refractivity contribution in [3.63, 3.8) is 0 Å². The Balaban J connectivity index is 0.00000323. The molecule has 43 heavy (non-hydrogen) atoms. The number of fused-ring (bicyclic) bond motifs is 1. The highest BCUT2D eigenvalue weighted by molar-refractivity contribution is 7.99. The molecule has 1 unspecified atom stereocenters. The van der Waals surface area contributed by atoms with Gasteiger partial charge in [-0.3, -0.25) is 4.79 Å².